The van der Waals surface area contributed by atoms with Crippen molar-refractivity contribution in [3.05, 3.63) is 23.8 Å². The van der Waals surface area contributed by atoms with E-state index in [0.29, 0.717) is 17.1 Å². The summed E-state index contributed by atoms with van der Waals surface area (Å²) in [6.07, 6.45) is 0. The minimum absolute atomic E-state index is 0.0284. The van der Waals surface area contributed by atoms with Gasteiger partial charge in [-0.05, 0) is 17.7 Å². The molecule has 1 aliphatic heterocycles. The van der Waals surface area contributed by atoms with Crippen LogP contribution in [0.1, 0.15) is 18.4 Å². The monoisotopic (exact) mass is 294 g/mol. The van der Waals surface area contributed by atoms with E-state index in [1.807, 2.05) is 6.07 Å². The number of hydrogen-bond acceptors (Lipinski definition) is 6. The molecule has 1 heterocycles. The summed E-state index contributed by atoms with van der Waals surface area (Å²) in [5, 5.41) is 8.37. The lowest BCUT2D eigenvalue weighted by Gasteiger charge is -2.02. The summed E-state index contributed by atoms with van der Waals surface area (Å²) in [6.45, 7) is 1.70. The SMILES string of the molecule is CCS(=O)(=O)[C@H]1[C@H](c2ccc3c(c2)OCO3)[C@@]1(N)C#N. The van der Waals surface area contributed by atoms with E-state index in [2.05, 4.69) is 0 Å². The van der Waals surface area contributed by atoms with E-state index in [0.717, 1.165) is 0 Å². The van der Waals surface area contributed by atoms with Crippen molar-refractivity contribution >= 4 is 9.84 Å². The highest BCUT2D eigenvalue weighted by Crippen LogP contribution is 2.55. The van der Waals surface area contributed by atoms with E-state index in [1.54, 1.807) is 25.1 Å². The maximum atomic E-state index is 12.1. The quantitative estimate of drug-likeness (QED) is 0.872. The zero-order valence-corrected chi connectivity index (χ0v) is 11.7. The van der Waals surface area contributed by atoms with Crippen molar-refractivity contribution in [2.45, 2.75) is 23.6 Å². The molecule has 0 unspecified atom stereocenters. The normalized spacial score (nSPS) is 30.9. The zero-order chi connectivity index (χ0) is 14.5. The predicted octanol–water partition coefficient (Wildman–Crippen LogP) is 0.537. The third kappa shape index (κ3) is 1.69. The molecule has 1 aromatic carbocycles. The van der Waals surface area contributed by atoms with E-state index in [-0.39, 0.29) is 12.5 Å². The molecule has 0 amide bonds. The van der Waals surface area contributed by atoms with Crippen LogP contribution in [0.15, 0.2) is 18.2 Å². The van der Waals surface area contributed by atoms with E-state index in [9.17, 15) is 13.7 Å². The number of benzene rings is 1. The number of hydrogen-bond donors (Lipinski definition) is 1. The van der Waals surface area contributed by atoms with Crippen molar-refractivity contribution in [2.75, 3.05) is 12.5 Å². The summed E-state index contributed by atoms with van der Waals surface area (Å²) >= 11 is 0. The third-order valence-corrected chi connectivity index (χ3v) is 6.16. The second-order valence-electron chi connectivity index (χ2n) is 5.01. The largest absolute Gasteiger partial charge is 0.454 e. The van der Waals surface area contributed by atoms with Crippen molar-refractivity contribution in [2.24, 2.45) is 5.73 Å². The highest BCUT2D eigenvalue weighted by Gasteiger charge is 2.69. The molecule has 2 aliphatic rings. The summed E-state index contributed by atoms with van der Waals surface area (Å²) in [5.74, 6) is 0.623. The number of sulfone groups is 1. The van der Waals surface area contributed by atoms with Crippen molar-refractivity contribution in [1.82, 2.24) is 0 Å². The van der Waals surface area contributed by atoms with E-state index in [1.165, 1.54) is 0 Å². The van der Waals surface area contributed by atoms with Gasteiger partial charge in [0.1, 0.15) is 10.8 Å². The first-order valence-electron chi connectivity index (χ1n) is 6.25. The molecular weight excluding hydrogens is 280 g/mol. The molecule has 20 heavy (non-hydrogen) atoms. The topological polar surface area (TPSA) is 102 Å². The average molecular weight is 294 g/mol. The van der Waals surface area contributed by atoms with Crippen molar-refractivity contribution in [1.29, 1.82) is 5.26 Å². The average Bonchev–Trinajstić information content (AvgIpc) is 2.83. The molecule has 0 spiro atoms. The molecule has 0 aromatic heterocycles. The molecule has 3 rings (SSSR count). The molecule has 7 heteroatoms. The fraction of sp³-hybridized carbons (Fsp3) is 0.462. The molecule has 0 radical (unpaired) electrons. The zero-order valence-electron chi connectivity index (χ0n) is 10.9. The molecule has 106 valence electrons. The van der Waals surface area contributed by atoms with Crippen LogP contribution in [-0.2, 0) is 9.84 Å². The molecule has 6 nitrogen and oxygen atoms in total. The molecule has 1 saturated carbocycles. The minimum Gasteiger partial charge on any atom is -0.454 e. The Morgan fingerprint density at radius 3 is 2.80 bits per heavy atom. The van der Waals surface area contributed by atoms with Crippen LogP contribution in [0.2, 0.25) is 0 Å². The van der Waals surface area contributed by atoms with Gasteiger partial charge in [0.15, 0.2) is 21.3 Å². The van der Waals surface area contributed by atoms with Gasteiger partial charge in [0.25, 0.3) is 0 Å². The highest BCUT2D eigenvalue weighted by molar-refractivity contribution is 7.92. The lowest BCUT2D eigenvalue weighted by molar-refractivity contribution is 0.174. The number of nitrogens with zero attached hydrogens (tertiary/aromatic N) is 1. The Morgan fingerprint density at radius 1 is 1.45 bits per heavy atom. The lowest BCUT2D eigenvalue weighted by atomic mass is 10.1. The Balaban J connectivity index is 2.01. The van der Waals surface area contributed by atoms with Crippen molar-refractivity contribution in [3.8, 4) is 17.6 Å². The first-order valence-corrected chi connectivity index (χ1v) is 7.97. The van der Waals surface area contributed by atoms with Gasteiger partial charge in [0.2, 0.25) is 6.79 Å². The van der Waals surface area contributed by atoms with Gasteiger partial charge in [0.05, 0.1) is 6.07 Å². The van der Waals surface area contributed by atoms with Gasteiger partial charge in [-0.3, -0.25) is 0 Å². The summed E-state index contributed by atoms with van der Waals surface area (Å²) < 4.78 is 34.6. The molecule has 1 aliphatic carbocycles. The fourth-order valence-electron chi connectivity index (χ4n) is 2.75. The Bertz CT molecular complexity index is 710. The Morgan fingerprint density at radius 2 is 2.15 bits per heavy atom. The maximum absolute atomic E-state index is 12.1. The minimum atomic E-state index is -3.38. The summed E-state index contributed by atoms with van der Waals surface area (Å²) in [5.41, 5.74) is 5.30. The molecule has 0 bridgehead atoms. The molecule has 2 N–H and O–H groups in total. The van der Waals surface area contributed by atoms with E-state index >= 15 is 0 Å². The highest BCUT2D eigenvalue weighted by atomic mass is 32.2. The van der Waals surface area contributed by atoms with Crippen LogP contribution in [0.25, 0.3) is 0 Å². The third-order valence-electron chi connectivity index (χ3n) is 3.92. The van der Waals surface area contributed by atoms with Crippen LogP contribution in [0.5, 0.6) is 11.5 Å². The van der Waals surface area contributed by atoms with E-state index < -0.39 is 26.5 Å². The van der Waals surface area contributed by atoms with Gasteiger partial charge in [-0.25, -0.2) is 8.42 Å². The number of ether oxygens (including phenoxy) is 2. The number of fused-ring (bicyclic) bond motifs is 1. The van der Waals surface area contributed by atoms with Gasteiger partial charge in [0, 0.05) is 11.7 Å². The van der Waals surface area contributed by atoms with Crippen LogP contribution in [0.3, 0.4) is 0 Å². The van der Waals surface area contributed by atoms with Crippen molar-refractivity contribution in [3.63, 3.8) is 0 Å². The first-order chi connectivity index (χ1) is 9.44. The van der Waals surface area contributed by atoms with Crippen LogP contribution < -0.4 is 15.2 Å². The van der Waals surface area contributed by atoms with Crippen LogP contribution in [0, 0.1) is 11.3 Å². The van der Waals surface area contributed by atoms with Gasteiger partial charge in [-0.2, -0.15) is 5.26 Å². The fourth-order valence-corrected chi connectivity index (χ4v) is 4.62. The molecule has 3 atom stereocenters. The molecule has 0 saturated heterocycles. The lowest BCUT2D eigenvalue weighted by Crippen LogP contribution is -2.29. The summed E-state index contributed by atoms with van der Waals surface area (Å²) in [6, 6.07) is 7.10. The standard InChI is InChI=1S/C13H14N2O4S/c1-2-20(16,17)12-11(13(12,15)6-14)8-3-4-9-10(5-8)19-7-18-9/h3-5,11-12H,2,7,15H2,1H3/t11-,12-,13-/m0/s1. The van der Waals surface area contributed by atoms with Gasteiger partial charge < -0.3 is 15.2 Å². The second-order valence-corrected chi connectivity index (χ2v) is 7.42. The number of nitrogens with two attached hydrogens (primary N) is 1. The number of nitriles is 1. The molecule has 1 fully saturated rings. The Kier molecular flexibility index (Phi) is 2.71. The van der Waals surface area contributed by atoms with Crippen molar-refractivity contribution < 1.29 is 17.9 Å². The van der Waals surface area contributed by atoms with Gasteiger partial charge in [-0.1, -0.05) is 13.0 Å². The van der Waals surface area contributed by atoms with Crippen LogP contribution in [-0.4, -0.2) is 31.8 Å². The second kappa shape index (κ2) is 4.11. The first kappa shape index (κ1) is 13.2. The number of rotatable bonds is 3. The van der Waals surface area contributed by atoms with Crippen LogP contribution >= 0.6 is 0 Å². The summed E-state index contributed by atoms with van der Waals surface area (Å²) in [4.78, 5) is 0. The van der Waals surface area contributed by atoms with Gasteiger partial charge >= 0.3 is 0 Å². The predicted molar refractivity (Wildman–Crippen MR) is 71.1 cm³/mol. The molecule has 1 aromatic rings. The molecular formula is C13H14N2O4S. The smallest absolute Gasteiger partial charge is 0.231 e. The maximum Gasteiger partial charge on any atom is 0.231 e. The van der Waals surface area contributed by atoms with E-state index in [4.69, 9.17) is 15.2 Å². The van der Waals surface area contributed by atoms with Crippen LogP contribution in [0.4, 0.5) is 0 Å². The summed E-state index contributed by atoms with van der Waals surface area (Å²) in [7, 11) is -3.38. The van der Waals surface area contributed by atoms with Gasteiger partial charge in [-0.15, -0.1) is 0 Å². The Labute approximate surface area is 117 Å². The Hall–Kier alpha value is -1.78.